The highest BCUT2D eigenvalue weighted by molar-refractivity contribution is 6.21. The average Bonchev–Trinajstić information content (AvgIpc) is 3.43. The standard InChI is InChI=1S/C28H18N4/c1-2-9-21(10-3-1)32-24-13-7-6-12-23(24)26-25(32)15-14-19-16-17-31(27(19)26)28-22-11-5-4-8-20(22)18-29-30-28/h1-18H. The van der Waals surface area contributed by atoms with Gasteiger partial charge in [0.15, 0.2) is 5.82 Å². The molecule has 0 aliphatic rings. The fourth-order valence-electron chi connectivity index (χ4n) is 4.90. The van der Waals surface area contributed by atoms with Crippen molar-refractivity contribution in [2.75, 3.05) is 0 Å². The van der Waals surface area contributed by atoms with Gasteiger partial charge < -0.3 is 4.57 Å². The van der Waals surface area contributed by atoms with E-state index in [1.807, 2.05) is 12.3 Å². The number of fused-ring (bicyclic) bond motifs is 6. The number of benzene rings is 4. The Bertz CT molecular complexity index is 1770. The molecular formula is C28H18N4. The molecular weight excluding hydrogens is 392 g/mol. The molecule has 3 heterocycles. The lowest BCUT2D eigenvalue weighted by Crippen LogP contribution is -1.99. The van der Waals surface area contributed by atoms with Crippen molar-refractivity contribution < 1.29 is 0 Å². The van der Waals surface area contributed by atoms with Crippen LogP contribution in [-0.4, -0.2) is 19.3 Å². The predicted molar refractivity (Wildman–Crippen MR) is 131 cm³/mol. The molecule has 7 rings (SSSR count). The van der Waals surface area contributed by atoms with Gasteiger partial charge in [0.25, 0.3) is 0 Å². The molecule has 0 aliphatic heterocycles. The molecule has 0 radical (unpaired) electrons. The zero-order chi connectivity index (χ0) is 21.1. The van der Waals surface area contributed by atoms with Crippen LogP contribution < -0.4 is 0 Å². The Labute approximate surface area is 184 Å². The highest BCUT2D eigenvalue weighted by Crippen LogP contribution is 2.38. The number of aromatic nitrogens is 4. The van der Waals surface area contributed by atoms with Crippen LogP contribution in [0.1, 0.15) is 0 Å². The molecule has 0 aliphatic carbocycles. The molecule has 0 bridgehead atoms. The van der Waals surface area contributed by atoms with Gasteiger partial charge >= 0.3 is 0 Å². The Kier molecular flexibility index (Phi) is 3.52. The minimum Gasteiger partial charge on any atom is -0.309 e. The third kappa shape index (κ3) is 2.32. The molecule has 0 unspecified atom stereocenters. The molecule has 0 atom stereocenters. The van der Waals surface area contributed by atoms with E-state index in [1.54, 1.807) is 0 Å². The van der Waals surface area contributed by atoms with Gasteiger partial charge in [-0.3, -0.25) is 4.57 Å². The van der Waals surface area contributed by atoms with Gasteiger partial charge in [-0.15, -0.1) is 5.10 Å². The summed E-state index contributed by atoms with van der Waals surface area (Å²) in [5.41, 5.74) is 4.68. The van der Waals surface area contributed by atoms with Gasteiger partial charge in [0, 0.05) is 38.8 Å². The minimum absolute atomic E-state index is 0.849. The summed E-state index contributed by atoms with van der Waals surface area (Å²) in [6.07, 6.45) is 3.93. The van der Waals surface area contributed by atoms with Crippen LogP contribution in [-0.2, 0) is 0 Å². The van der Waals surface area contributed by atoms with E-state index >= 15 is 0 Å². The first-order chi connectivity index (χ1) is 15.9. The monoisotopic (exact) mass is 410 g/mol. The van der Waals surface area contributed by atoms with Gasteiger partial charge in [-0.2, -0.15) is 5.10 Å². The summed E-state index contributed by atoms with van der Waals surface area (Å²) in [5, 5.41) is 14.7. The van der Waals surface area contributed by atoms with E-state index in [0.29, 0.717) is 0 Å². The number of para-hydroxylation sites is 2. The van der Waals surface area contributed by atoms with Crippen LogP contribution in [0.5, 0.6) is 0 Å². The molecule has 0 fully saturated rings. The van der Waals surface area contributed by atoms with E-state index in [-0.39, 0.29) is 0 Å². The summed E-state index contributed by atoms with van der Waals surface area (Å²) in [4.78, 5) is 0. The molecule has 0 N–H and O–H groups in total. The first-order valence-corrected chi connectivity index (χ1v) is 10.7. The lowest BCUT2D eigenvalue weighted by Gasteiger charge is -2.10. The summed E-state index contributed by atoms with van der Waals surface area (Å²) in [6, 6.07) is 34.0. The zero-order valence-electron chi connectivity index (χ0n) is 17.2. The van der Waals surface area contributed by atoms with Crippen LogP contribution in [0.2, 0.25) is 0 Å². The molecule has 0 amide bonds. The van der Waals surface area contributed by atoms with Gasteiger partial charge in [0.1, 0.15) is 0 Å². The smallest absolute Gasteiger partial charge is 0.167 e. The lowest BCUT2D eigenvalue weighted by atomic mass is 10.1. The van der Waals surface area contributed by atoms with E-state index in [0.717, 1.165) is 27.8 Å². The number of hydrogen-bond donors (Lipinski definition) is 0. The molecule has 0 saturated heterocycles. The Balaban J connectivity index is 1.67. The van der Waals surface area contributed by atoms with Crippen LogP contribution >= 0.6 is 0 Å². The fourth-order valence-corrected chi connectivity index (χ4v) is 4.90. The van der Waals surface area contributed by atoms with Crippen LogP contribution in [0.4, 0.5) is 0 Å². The summed E-state index contributed by atoms with van der Waals surface area (Å²) < 4.78 is 4.53. The van der Waals surface area contributed by atoms with Crippen molar-refractivity contribution in [2.24, 2.45) is 0 Å². The summed E-state index contributed by atoms with van der Waals surface area (Å²) in [6.45, 7) is 0. The third-order valence-electron chi connectivity index (χ3n) is 6.28. The normalized spacial score (nSPS) is 11.8. The highest BCUT2D eigenvalue weighted by atomic mass is 15.2. The molecule has 4 heteroatoms. The second kappa shape index (κ2) is 6.53. The average molecular weight is 410 g/mol. The maximum absolute atomic E-state index is 4.56. The van der Waals surface area contributed by atoms with Crippen LogP contribution in [0.3, 0.4) is 0 Å². The SMILES string of the molecule is c1ccc(-n2c3ccccc3c3c4c(ccc32)ccn4-c2nncc3ccccc23)cc1. The molecule has 0 saturated carbocycles. The molecule has 0 spiro atoms. The first-order valence-electron chi connectivity index (χ1n) is 10.7. The van der Waals surface area contributed by atoms with E-state index in [9.17, 15) is 0 Å². The quantitative estimate of drug-likeness (QED) is 0.319. The number of nitrogens with zero attached hydrogens (tertiary/aromatic N) is 4. The van der Waals surface area contributed by atoms with Crippen molar-refractivity contribution in [3.8, 4) is 11.5 Å². The maximum atomic E-state index is 4.56. The third-order valence-corrected chi connectivity index (χ3v) is 6.28. The summed E-state index contributed by atoms with van der Waals surface area (Å²) in [5.74, 6) is 0.849. The Hall–Kier alpha value is -4.44. The van der Waals surface area contributed by atoms with Gasteiger partial charge in [0.05, 0.1) is 22.7 Å². The van der Waals surface area contributed by atoms with Gasteiger partial charge in [0.2, 0.25) is 0 Å². The van der Waals surface area contributed by atoms with Crippen LogP contribution in [0.25, 0.3) is 55.0 Å². The summed E-state index contributed by atoms with van der Waals surface area (Å²) in [7, 11) is 0. The van der Waals surface area contributed by atoms with E-state index in [2.05, 4.69) is 117 Å². The van der Waals surface area contributed by atoms with Crippen molar-refractivity contribution in [3.05, 3.63) is 109 Å². The van der Waals surface area contributed by atoms with Crippen LogP contribution in [0.15, 0.2) is 109 Å². The zero-order valence-corrected chi connectivity index (χ0v) is 17.2. The van der Waals surface area contributed by atoms with E-state index in [1.165, 1.54) is 27.2 Å². The number of rotatable bonds is 2. The van der Waals surface area contributed by atoms with E-state index in [4.69, 9.17) is 0 Å². The second-order valence-electron chi connectivity index (χ2n) is 8.03. The van der Waals surface area contributed by atoms with Crippen molar-refractivity contribution in [1.82, 2.24) is 19.3 Å². The van der Waals surface area contributed by atoms with E-state index < -0.39 is 0 Å². The second-order valence-corrected chi connectivity index (χ2v) is 8.03. The fraction of sp³-hybridized carbons (Fsp3) is 0. The first kappa shape index (κ1) is 17.3. The van der Waals surface area contributed by atoms with Crippen molar-refractivity contribution >= 4 is 43.5 Å². The summed E-state index contributed by atoms with van der Waals surface area (Å²) >= 11 is 0. The molecule has 32 heavy (non-hydrogen) atoms. The van der Waals surface area contributed by atoms with Crippen molar-refractivity contribution in [2.45, 2.75) is 0 Å². The van der Waals surface area contributed by atoms with Gasteiger partial charge in [-0.1, -0.05) is 66.7 Å². The minimum atomic E-state index is 0.849. The molecule has 3 aromatic heterocycles. The Morgan fingerprint density at radius 3 is 2.28 bits per heavy atom. The lowest BCUT2D eigenvalue weighted by molar-refractivity contribution is 0.957. The Morgan fingerprint density at radius 2 is 1.38 bits per heavy atom. The highest BCUT2D eigenvalue weighted by Gasteiger charge is 2.18. The van der Waals surface area contributed by atoms with Crippen molar-refractivity contribution in [1.29, 1.82) is 0 Å². The van der Waals surface area contributed by atoms with Crippen LogP contribution in [0, 0.1) is 0 Å². The molecule has 150 valence electrons. The van der Waals surface area contributed by atoms with Gasteiger partial charge in [-0.25, -0.2) is 0 Å². The molecule has 7 aromatic rings. The Morgan fingerprint density at radius 1 is 0.594 bits per heavy atom. The molecule has 4 aromatic carbocycles. The molecule has 4 nitrogen and oxygen atoms in total. The number of hydrogen-bond acceptors (Lipinski definition) is 2. The van der Waals surface area contributed by atoms with Crippen molar-refractivity contribution in [3.63, 3.8) is 0 Å². The predicted octanol–water partition coefficient (Wildman–Crippen LogP) is 6.67. The largest absolute Gasteiger partial charge is 0.309 e. The topological polar surface area (TPSA) is 35.6 Å². The maximum Gasteiger partial charge on any atom is 0.167 e. The van der Waals surface area contributed by atoms with Gasteiger partial charge in [-0.05, 0) is 30.3 Å².